The fourth-order valence-corrected chi connectivity index (χ4v) is 1.23. The van der Waals surface area contributed by atoms with Gasteiger partial charge in [0.05, 0.1) is 0 Å². The largest absolute Gasteiger partial charge is 0.458 e. The second-order valence-corrected chi connectivity index (χ2v) is 4.00. The quantitative estimate of drug-likeness (QED) is 0.242. The molecule has 0 unspecified atom stereocenters. The van der Waals surface area contributed by atoms with Crippen LogP contribution in [0.15, 0.2) is 85.4 Å². The molecule has 1 nitrogen and oxygen atoms in total. The average Bonchev–Trinajstić information content (AvgIpc) is 2.67. The van der Waals surface area contributed by atoms with E-state index < -0.39 is 0 Å². The predicted octanol–water partition coefficient (Wildman–Crippen LogP) is 8.71. The molecular formula is C24H42O. The maximum absolute atomic E-state index is 5.70. The Bertz CT molecular complexity index is 404. The van der Waals surface area contributed by atoms with Crippen molar-refractivity contribution in [2.24, 2.45) is 0 Å². The van der Waals surface area contributed by atoms with Crippen LogP contribution in [-0.4, -0.2) is 0 Å². The lowest BCUT2D eigenvalue weighted by molar-refractivity contribution is 0.334. The van der Waals surface area contributed by atoms with Gasteiger partial charge >= 0.3 is 0 Å². The number of ether oxygens (including phenoxy) is 1. The van der Waals surface area contributed by atoms with Crippen molar-refractivity contribution < 1.29 is 4.74 Å². The first-order valence-corrected chi connectivity index (χ1v) is 9.38. The second-order valence-electron chi connectivity index (χ2n) is 4.00. The van der Waals surface area contributed by atoms with Crippen molar-refractivity contribution in [3.63, 3.8) is 0 Å². The summed E-state index contributed by atoms with van der Waals surface area (Å²) in [7, 11) is 0. The van der Waals surface area contributed by atoms with E-state index in [1.54, 1.807) is 6.08 Å². The van der Waals surface area contributed by atoms with Gasteiger partial charge in [-0.3, -0.25) is 0 Å². The summed E-state index contributed by atoms with van der Waals surface area (Å²) in [6, 6.07) is 0. The van der Waals surface area contributed by atoms with Gasteiger partial charge in [0, 0.05) is 0 Å². The zero-order valence-corrected chi connectivity index (χ0v) is 18.0. The molecule has 0 aliphatic carbocycles. The summed E-state index contributed by atoms with van der Waals surface area (Å²) < 4.78 is 5.70. The maximum Gasteiger partial charge on any atom is 0.123 e. The van der Waals surface area contributed by atoms with E-state index in [9.17, 15) is 0 Å². The van der Waals surface area contributed by atoms with Gasteiger partial charge in [-0.2, -0.15) is 0 Å². The molecule has 144 valence electrons. The minimum absolute atomic E-state index is 0.781. The third-order valence-electron chi connectivity index (χ3n) is 2.20. The Kier molecular flexibility index (Phi) is 41.4. The van der Waals surface area contributed by atoms with E-state index in [1.807, 2.05) is 91.0 Å². The van der Waals surface area contributed by atoms with Crippen molar-refractivity contribution in [1.29, 1.82) is 0 Å². The summed E-state index contributed by atoms with van der Waals surface area (Å²) in [6.07, 6.45) is 21.2. The third-order valence-corrected chi connectivity index (χ3v) is 2.20. The van der Waals surface area contributed by atoms with Crippen LogP contribution < -0.4 is 0 Å². The van der Waals surface area contributed by atoms with E-state index in [4.69, 9.17) is 4.74 Å². The summed E-state index contributed by atoms with van der Waals surface area (Å²) in [5.41, 5.74) is 0. The van der Waals surface area contributed by atoms with Crippen molar-refractivity contribution in [2.45, 2.75) is 68.2 Å². The van der Waals surface area contributed by atoms with Crippen LogP contribution in [0.3, 0.4) is 0 Å². The minimum atomic E-state index is 0.781. The molecule has 0 N–H and O–H groups in total. The number of hydrogen-bond acceptors (Lipinski definition) is 1. The fraction of sp³-hybridized carbons (Fsp3) is 0.417. The number of hydrogen-bond donors (Lipinski definition) is 0. The first kappa shape index (κ1) is 30.8. The molecular weight excluding hydrogens is 304 g/mol. The zero-order chi connectivity index (χ0) is 20.3. The highest BCUT2D eigenvalue weighted by Crippen LogP contribution is 2.10. The zero-order valence-electron chi connectivity index (χ0n) is 18.0. The van der Waals surface area contributed by atoms with E-state index in [0.29, 0.717) is 0 Å². The number of rotatable bonds is 8. The lowest BCUT2D eigenvalue weighted by Crippen LogP contribution is -1.88. The van der Waals surface area contributed by atoms with E-state index >= 15 is 0 Å². The highest BCUT2D eigenvalue weighted by atomic mass is 16.5. The molecule has 0 aliphatic rings. The maximum atomic E-state index is 5.70. The van der Waals surface area contributed by atoms with Crippen LogP contribution in [-0.2, 0) is 4.74 Å². The smallest absolute Gasteiger partial charge is 0.123 e. The molecule has 1 heteroatoms. The van der Waals surface area contributed by atoms with Gasteiger partial charge in [-0.15, -0.1) is 6.58 Å². The Labute approximate surface area is 158 Å². The van der Waals surface area contributed by atoms with Crippen LogP contribution in [0.25, 0.3) is 0 Å². The van der Waals surface area contributed by atoms with Crippen LogP contribution in [0.1, 0.15) is 68.2 Å². The molecule has 0 amide bonds. The Morgan fingerprint density at radius 3 is 1.80 bits per heavy atom. The highest BCUT2D eigenvalue weighted by molar-refractivity contribution is 5.22. The van der Waals surface area contributed by atoms with Crippen molar-refractivity contribution in [3.05, 3.63) is 85.4 Å². The Hall–Kier alpha value is -2.02. The fourth-order valence-electron chi connectivity index (χ4n) is 1.23. The summed E-state index contributed by atoms with van der Waals surface area (Å²) >= 11 is 0. The van der Waals surface area contributed by atoms with Gasteiger partial charge in [0.15, 0.2) is 0 Å². The lowest BCUT2D eigenvalue weighted by Gasteiger charge is -2.06. The summed E-state index contributed by atoms with van der Waals surface area (Å²) in [5.74, 6) is 1.62. The summed E-state index contributed by atoms with van der Waals surface area (Å²) in [5, 5.41) is 0. The standard InChI is InChI=1S/C15H20O.C5H10.2C2H6/c1-5-9-12-15(13-10-6-2)16-14(8-4)11-7-3;1-3-5-4-2;2*1-2/h5-9,11-13H,1-2,10H2,3-4H3;3,5H,4H2,1-2H3;2*1-2H3/b11-7-,12-9-,14-8+,15-13+;5-3-;;. The van der Waals surface area contributed by atoms with Gasteiger partial charge in [0.25, 0.3) is 0 Å². The Morgan fingerprint density at radius 2 is 1.48 bits per heavy atom. The third kappa shape index (κ3) is 30.4. The van der Waals surface area contributed by atoms with Gasteiger partial charge in [-0.05, 0) is 57.9 Å². The molecule has 0 aromatic carbocycles. The Morgan fingerprint density at radius 1 is 0.880 bits per heavy atom. The normalized spacial score (nSPS) is 11.0. The molecule has 0 aliphatic heterocycles. The first-order chi connectivity index (χ1) is 12.2. The van der Waals surface area contributed by atoms with Crippen LogP contribution in [0.5, 0.6) is 0 Å². The average molecular weight is 347 g/mol. The van der Waals surface area contributed by atoms with Crippen molar-refractivity contribution in [1.82, 2.24) is 0 Å². The van der Waals surface area contributed by atoms with Crippen LogP contribution >= 0.6 is 0 Å². The SMILES string of the molecule is C/C=C\CC.C=C/C=C\C(=C/CC=C)OC(/C=C\C)=C/C.CC.CC. The van der Waals surface area contributed by atoms with Crippen molar-refractivity contribution in [2.75, 3.05) is 0 Å². The van der Waals surface area contributed by atoms with E-state index in [0.717, 1.165) is 24.4 Å². The molecule has 0 rings (SSSR count). The van der Waals surface area contributed by atoms with E-state index in [1.165, 1.54) is 0 Å². The van der Waals surface area contributed by atoms with Gasteiger partial charge in [-0.25, -0.2) is 0 Å². The molecule has 0 fully saturated rings. The van der Waals surface area contributed by atoms with E-state index in [-0.39, 0.29) is 0 Å². The van der Waals surface area contributed by atoms with Gasteiger partial charge in [0.1, 0.15) is 11.5 Å². The molecule has 0 bridgehead atoms. The molecule has 0 radical (unpaired) electrons. The molecule has 0 aromatic rings. The first-order valence-electron chi connectivity index (χ1n) is 9.38. The monoisotopic (exact) mass is 346 g/mol. The van der Waals surface area contributed by atoms with Crippen LogP contribution in [0.4, 0.5) is 0 Å². The molecule has 0 saturated heterocycles. The van der Waals surface area contributed by atoms with E-state index in [2.05, 4.69) is 32.2 Å². The molecule has 0 atom stereocenters. The van der Waals surface area contributed by atoms with Gasteiger partial charge in [-0.1, -0.05) is 77.7 Å². The second kappa shape index (κ2) is 33.6. The minimum Gasteiger partial charge on any atom is -0.458 e. The van der Waals surface area contributed by atoms with Crippen molar-refractivity contribution >= 4 is 0 Å². The lowest BCUT2D eigenvalue weighted by atomic mass is 10.3. The summed E-state index contributed by atoms with van der Waals surface area (Å²) in [6.45, 7) is 23.4. The molecule has 0 saturated carbocycles. The van der Waals surface area contributed by atoms with Gasteiger partial charge in [0.2, 0.25) is 0 Å². The molecule has 0 aromatic heterocycles. The molecule has 0 spiro atoms. The topological polar surface area (TPSA) is 9.23 Å². The highest BCUT2D eigenvalue weighted by Gasteiger charge is 1.95. The molecule has 0 heterocycles. The summed E-state index contributed by atoms with van der Waals surface area (Å²) in [4.78, 5) is 0. The Balaban J connectivity index is -0.000000205. The predicted molar refractivity (Wildman–Crippen MR) is 120 cm³/mol. The van der Waals surface area contributed by atoms with Crippen molar-refractivity contribution in [3.8, 4) is 0 Å². The number of allylic oxidation sites excluding steroid dienone is 10. The molecule has 25 heavy (non-hydrogen) atoms. The van der Waals surface area contributed by atoms with Crippen LogP contribution in [0, 0.1) is 0 Å². The van der Waals surface area contributed by atoms with Crippen LogP contribution in [0.2, 0.25) is 0 Å². The van der Waals surface area contributed by atoms with Gasteiger partial charge < -0.3 is 4.74 Å².